The number of likely N-dealkylation sites (tertiary alicyclic amines) is 1. The summed E-state index contributed by atoms with van der Waals surface area (Å²) in [5.74, 6) is 0.895. The largest absolute Gasteiger partial charge is 0.461 e. The first-order chi connectivity index (χ1) is 9.79. The molecule has 1 aliphatic rings. The molecule has 2 N–H and O–H groups in total. The fourth-order valence-corrected chi connectivity index (χ4v) is 2.57. The molecule has 2 aromatic heterocycles. The van der Waals surface area contributed by atoms with E-state index in [4.69, 9.17) is 14.7 Å². The highest BCUT2D eigenvalue weighted by molar-refractivity contribution is 5.93. The second kappa shape index (κ2) is 5.50. The van der Waals surface area contributed by atoms with Gasteiger partial charge in [0.05, 0.1) is 6.26 Å². The van der Waals surface area contributed by atoms with Crippen molar-refractivity contribution in [2.75, 3.05) is 13.1 Å². The Kier molecular flexibility index (Phi) is 3.56. The van der Waals surface area contributed by atoms with Crippen molar-refractivity contribution in [3.05, 3.63) is 30.2 Å². The molecule has 0 saturated carbocycles. The summed E-state index contributed by atoms with van der Waals surface area (Å²) >= 11 is 0. The van der Waals surface area contributed by atoms with Gasteiger partial charge in [-0.05, 0) is 31.4 Å². The van der Waals surface area contributed by atoms with Crippen molar-refractivity contribution in [2.24, 2.45) is 5.73 Å². The van der Waals surface area contributed by atoms with E-state index in [1.807, 2.05) is 0 Å². The summed E-state index contributed by atoms with van der Waals surface area (Å²) in [6.45, 7) is 1.21. The topological polar surface area (TPSA) is 85.5 Å². The smallest absolute Gasteiger partial charge is 0.276 e. The van der Waals surface area contributed by atoms with Crippen LogP contribution in [0.5, 0.6) is 0 Å². The second-order valence-corrected chi connectivity index (χ2v) is 4.94. The maximum absolute atomic E-state index is 12.5. The third-order valence-electron chi connectivity index (χ3n) is 3.65. The Labute approximate surface area is 116 Å². The molecular weight excluding hydrogens is 258 g/mol. The van der Waals surface area contributed by atoms with Crippen LogP contribution in [0.3, 0.4) is 0 Å². The van der Waals surface area contributed by atoms with Crippen LogP contribution in [0, 0.1) is 0 Å². The molecule has 0 bridgehead atoms. The number of furan rings is 1. The van der Waals surface area contributed by atoms with Gasteiger partial charge in [0, 0.05) is 25.2 Å². The van der Waals surface area contributed by atoms with E-state index >= 15 is 0 Å². The number of carbonyl (C=O) groups is 1. The summed E-state index contributed by atoms with van der Waals surface area (Å²) in [6, 6.07) is 5.23. The van der Waals surface area contributed by atoms with Crippen molar-refractivity contribution in [1.82, 2.24) is 10.1 Å². The second-order valence-electron chi connectivity index (χ2n) is 4.94. The first kappa shape index (κ1) is 12.9. The highest BCUT2D eigenvalue weighted by Gasteiger charge is 2.28. The molecule has 106 valence electrons. The Bertz CT molecular complexity index is 576. The van der Waals surface area contributed by atoms with Crippen molar-refractivity contribution in [1.29, 1.82) is 0 Å². The number of nitrogens with zero attached hydrogens (tertiary/aromatic N) is 2. The highest BCUT2D eigenvalue weighted by Crippen LogP contribution is 2.23. The zero-order valence-corrected chi connectivity index (χ0v) is 11.1. The first-order valence-electron chi connectivity index (χ1n) is 6.81. The van der Waals surface area contributed by atoms with Gasteiger partial charge < -0.3 is 19.6 Å². The van der Waals surface area contributed by atoms with Crippen LogP contribution in [0.1, 0.15) is 29.8 Å². The predicted molar refractivity (Wildman–Crippen MR) is 71.9 cm³/mol. The van der Waals surface area contributed by atoms with E-state index in [1.165, 1.54) is 0 Å². The molecule has 0 spiro atoms. The zero-order chi connectivity index (χ0) is 13.9. The number of hydrogen-bond acceptors (Lipinski definition) is 5. The minimum absolute atomic E-state index is 0.0972. The molecule has 1 fully saturated rings. The number of rotatable bonds is 3. The Morgan fingerprint density at radius 2 is 2.35 bits per heavy atom. The van der Waals surface area contributed by atoms with Crippen molar-refractivity contribution in [3.8, 4) is 11.5 Å². The molecule has 1 saturated heterocycles. The lowest BCUT2D eigenvalue weighted by Gasteiger charge is -2.34. The molecule has 3 heterocycles. The Morgan fingerprint density at radius 1 is 1.45 bits per heavy atom. The van der Waals surface area contributed by atoms with E-state index in [0.29, 0.717) is 23.8 Å². The van der Waals surface area contributed by atoms with Crippen LogP contribution in [0.2, 0.25) is 0 Å². The SMILES string of the molecule is NCC1CCCCN1C(=O)c1cc(-c2ccco2)on1. The van der Waals surface area contributed by atoms with E-state index in [2.05, 4.69) is 5.16 Å². The van der Waals surface area contributed by atoms with Gasteiger partial charge in [-0.1, -0.05) is 5.16 Å². The van der Waals surface area contributed by atoms with Gasteiger partial charge in [0.1, 0.15) is 0 Å². The maximum atomic E-state index is 12.5. The standard InChI is InChI=1S/C14H17N3O3/c15-9-10-4-1-2-6-17(10)14(18)11-8-13(20-16-11)12-5-3-7-19-12/h3,5,7-8,10H,1-2,4,6,9,15H2. The molecule has 20 heavy (non-hydrogen) atoms. The van der Waals surface area contributed by atoms with Crippen molar-refractivity contribution < 1.29 is 13.7 Å². The van der Waals surface area contributed by atoms with E-state index in [9.17, 15) is 4.79 Å². The lowest BCUT2D eigenvalue weighted by molar-refractivity contribution is 0.0613. The summed E-state index contributed by atoms with van der Waals surface area (Å²) in [4.78, 5) is 14.3. The maximum Gasteiger partial charge on any atom is 0.276 e. The molecule has 1 amide bonds. The fraction of sp³-hybridized carbons (Fsp3) is 0.429. The van der Waals surface area contributed by atoms with Crippen LogP contribution in [-0.4, -0.2) is 35.1 Å². The van der Waals surface area contributed by atoms with Crippen LogP contribution in [0.15, 0.2) is 33.4 Å². The molecule has 1 atom stereocenters. The lowest BCUT2D eigenvalue weighted by atomic mass is 10.0. The fourth-order valence-electron chi connectivity index (χ4n) is 2.57. The minimum atomic E-state index is -0.123. The Hall–Kier alpha value is -2.08. The van der Waals surface area contributed by atoms with Crippen LogP contribution < -0.4 is 5.73 Å². The van der Waals surface area contributed by atoms with Crippen LogP contribution in [0.4, 0.5) is 0 Å². The first-order valence-corrected chi connectivity index (χ1v) is 6.81. The molecule has 3 rings (SSSR count). The number of hydrogen-bond donors (Lipinski definition) is 1. The lowest BCUT2D eigenvalue weighted by Crippen LogP contribution is -2.47. The molecule has 1 aliphatic heterocycles. The van der Waals surface area contributed by atoms with Gasteiger partial charge in [-0.2, -0.15) is 0 Å². The average Bonchev–Trinajstić information content (AvgIpc) is 3.16. The minimum Gasteiger partial charge on any atom is -0.461 e. The Balaban J connectivity index is 1.80. The molecular formula is C14H17N3O3. The van der Waals surface area contributed by atoms with E-state index < -0.39 is 0 Å². The van der Waals surface area contributed by atoms with E-state index in [-0.39, 0.29) is 11.9 Å². The molecule has 0 radical (unpaired) electrons. The summed E-state index contributed by atoms with van der Waals surface area (Å²) in [5, 5.41) is 3.85. The normalized spacial score (nSPS) is 19.2. The highest BCUT2D eigenvalue weighted by atomic mass is 16.5. The van der Waals surface area contributed by atoms with Crippen molar-refractivity contribution in [2.45, 2.75) is 25.3 Å². The van der Waals surface area contributed by atoms with Gasteiger partial charge >= 0.3 is 0 Å². The monoisotopic (exact) mass is 275 g/mol. The number of carbonyl (C=O) groups excluding carboxylic acids is 1. The van der Waals surface area contributed by atoms with Gasteiger partial charge in [-0.3, -0.25) is 4.79 Å². The third kappa shape index (κ3) is 2.34. The number of nitrogens with two attached hydrogens (primary N) is 1. The van der Waals surface area contributed by atoms with Crippen molar-refractivity contribution >= 4 is 5.91 Å². The molecule has 6 nitrogen and oxygen atoms in total. The van der Waals surface area contributed by atoms with Gasteiger partial charge in [0.15, 0.2) is 11.5 Å². The van der Waals surface area contributed by atoms with Gasteiger partial charge in [-0.25, -0.2) is 0 Å². The van der Waals surface area contributed by atoms with Gasteiger partial charge in [0.25, 0.3) is 5.91 Å². The van der Waals surface area contributed by atoms with Crippen LogP contribution in [0.25, 0.3) is 11.5 Å². The quantitative estimate of drug-likeness (QED) is 0.924. The van der Waals surface area contributed by atoms with Crippen LogP contribution in [-0.2, 0) is 0 Å². The molecule has 0 aliphatic carbocycles. The van der Waals surface area contributed by atoms with Crippen LogP contribution >= 0.6 is 0 Å². The number of amides is 1. The Morgan fingerprint density at radius 3 is 3.10 bits per heavy atom. The zero-order valence-electron chi connectivity index (χ0n) is 11.1. The van der Waals surface area contributed by atoms with E-state index in [1.54, 1.807) is 29.4 Å². The van der Waals surface area contributed by atoms with Gasteiger partial charge in [-0.15, -0.1) is 0 Å². The molecule has 6 heteroatoms. The number of piperidine rings is 1. The predicted octanol–water partition coefficient (Wildman–Crippen LogP) is 1.89. The molecule has 1 unspecified atom stereocenters. The summed E-state index contributed by atoms with van der Waals surface area (Å²) < 4.78 is 10.4. The van der Waals surface area contributed by atoms with Gasteiger partial charge in [0.2, 0.25) is 5.76 Å². The third-order valence-corrected chi connectivity index (χ3v) is 3.65. The van der Waals surface area contributed by atoms with E-state index in [0.717, 1.165) is 25.8 Å². The molecule has 2 aromatic rings. The summed E-state index contributed by atoms with van der Waals surface area (Å²) in [7, 11) is 0. The average molecular weight is 275 g/mol. The summed E-state index contributed by atoms with van der Waals surface area (Å²) in [6.07, 6.45) is 4.62. The number of aromatic nitrogens is 1. The molecule has 0 aromatic carbocycles. The summed E-state index contributed by atoms with van der Waals surface area (Å²) in [5.41, 5.74) is 6.04. The van der Waals surface area contributed by atoms with Crippen molar-refractivity contribution in [3.63, 3.8) is 0 Å².